The van der Waals surface area contributed by atoms with E-state index in [9.17, 15) is 14.4 Å². The number of hydrogen-bond acceptors (Lipinski definition) is 5. The zero-order valence-electron chi connectivity index (χ0n) is 9.23. The van der Waals surface area contributed by atoms with Gasteiger partial charge in [-0.25, -0.2) is 9.59 Å². The molecule has 0 N–H and O–H groups in total. The summed E-state index contributed by atoms with van der Waals surface area (Å²) in [4.78, 5) is 34.8. The van der Waals surface area contributed by atoms with Crippen molar-refractivity contribution >= 4 is 17.8 Å². The Bertz CT molecular complexity index is 283. The summed E-state index contributed by atoms with van der Waals surface area (Å²) in [7, 11) is 0. The van der Waals surface area contributed by atoms with Crippen LogP contribution in [0, 0.1) is 0 Å². The van der Waals surface area contributed by atoms with Gasteiger partial charge in [-0.3, -0.25) is 4.79 Å². The maximum absolute atomic E-state index is 11.3. The fourth-order valence-electron chi connectivity index (χ4n) is 1.39. The van der Waals surface area contributed by atoms with Crippen LogP contribution in [0.25, 0.3) is 0 Å². The van der Waals surface area contributed by atoms with Crippen LogP contribution in [0.15, 0.2) is 0 Å². The molecule has 0 spiro atoms. The highest BCUT2D eigenvalue weighted by atomic mass is 16.6. The molecule has 1 heterocycles. The SMILES string of the molecule is CCOC(=O)C(=O)COC(=O)N1CCCC1. The Labute approximate surface area is 93.5 Å². The third-order valence-electron chi connectivity index (χ3n) is 2.19. The summed E-state index contributed by atoms with van der Waals surface area (Å²) in [6.45, 7) is 2.47. The highest BCUT2D eigenvalue weighted by Gasteiger charge is 2.22. The predicted octanol–water partition coefficient (Wildman–Crippen LogP) is 0.351. The number of esters is 1. The summed E-state index contributed by atoms with van der Waals surface area (Å²) in [5.41, 5.74) is 0. The van der Waals surface area contributed by atoms with E-state index in [-0.39, 0.29) is 6.61 Å². The summed E-state index contributed by atoms with van der Waals surface area (Å²) in [6.07, 6.45) is 1.34. The Balaban J connectivity index is 2.25. The smallest absolute Gasteiger partial charge is 0.410 e. The van der Waals surface area contributed by atoms with Crippen molar-refractivity contribution in [2.45, 2.75) is 19.8 Å². The maximum atomic E-state index is 11.3. The summed E-state index contributed by atoms with van der Waals surface area (Å²) in [5, 5.41) is 0. The van der Waals surface area contributed by atoms with Crippen molar-refractivity contribution < 1.29 is 23.9 Å². The van der Waals surface area contributed by atoms with Gasteiger partial charge >= 0.3 is 12.1 Å². The molecule has 0 saturated carbocycles. The quantitative estimate of drug-likeness (QED) is 0.513. The molecule has 1 aliphatic rings. The number of carbonyl (C=O) groups is 3. The lowest BCUT2D eigenvalue weighted by Crippen LogP contribution is -2.32. The van der Waals surface area contributed by atoms with Crippen molar-refractivity contribution in [3.63, 3.8) is 0 Å². The average molecular weight is 229 g/mol. The molecular formula is C10H15NO5. The van der Waals surface area contributed by atoms with Gasteiger partial charge in [0.2, 0.25) is 0 Å². The van der Waals surface area contributed by atoms with Crippen molar-refractivity contribution in [1.82, 2.24) is 4.90 Å². The van der Waals surface area contributed by atoms with Gasteiger partial charge in [0.05, 0.1) is 6.61 Å². The first-order valence-electron chi connectivity index (χ1n) is 5.26. The minimum absolute atomic E-state index is 0.130. The zero-order valence-corrected chi connectivity index (χ0v) is 9.23. The molecule has 0 radical (unpaired) electrons. The van der Waals surface area contributed by atoms with Gasteiger partial charge in [0.15, 0.2) is 6.61 Å². The average Bonchev–Trinajstić information content (AvgIpc) is 2.79. The van der Waals surface area contributed by atoms with Crippen LogP contribution in [-0.2, 0) is 19.1 Å². The van der Waals surface area contributed by atoms with E-state index in [1.165, 1.54) is 4.90 Å². The number of nitrogens with zero attached hydrogens (tertiary/aromatic N) is 1. The van der Waals surface area contributed by atoms with E-state index in [0.29, 0.717) is 13.1 Å². The number of amides is 1. The second-order valence-corrected chi connectivity index (χ2v) is 3.39. The largest absolute Gasteiger partial charge is 0.460 e. The Hall–Kier alpha value is -1.59. The highest BCUT2D eigenvalue weighted by Crippen LogP contribution is 2.08. The van der Waals surface area contributed by atoms with Gasteiger partial charge in [0, 0.05) is 13.1 Å². The van der Waals surface area contributed by atoms with Crippen molar-refractivity contribution in [1.29, 1.82) is 0 Å². The zero-order chi connectivity index (χ0) is 12.0. The molecule has 6 nitrogen and oxygen atoms in total. The molecule has 1 rings (SSSR count). The fraction of sp³-hybridized carbons (Fsp3) is 0.700. The van der Waals surface area contributed by atoms with Gasteiger partial charge in [-0.1, -0.05) is 0 Å². The Morgan fingerprint density at radius 3 is 2.31 bits per heavy atom. The maximum Gasteiger partial charge on any atom is 0.410 e. The fourth-order valence-corrected chi connectivity index (χ4v) is 1.39. The first kappa shape index (κ1) is 12.5. The van der Waals surface area contributed by atoms with Crippen molar-refractivity contribution in [2.24, 2.45) is 0 Å². The van der Waals surface area contributed by atoms with E-state index in [1.54, 1.807) is 6.92 Å². The first-order chi connectivity index (χ1) is 7.65. The summed E-state index contributed by atoms with van der Waals surface area (Å²) in [5.74, 6) is -1.80. The third-order valence-corrected chi connectivity index (χ3v) is 2.19. The molecule has 1 saturated heterocycles. The number of Topliss-reactive ketones (excluding diaryl/α,β-unsaturated/α-hetero) is 1. The van der Waals surface area contributed by atoms with Gasteiger partial charge < -0.3 is 14.4 Å². The number of ketones is 1. The number of rotatable bonds is 4. The lowest BCUT2D eigenvalue weighted by Gasteiger charge is -2.14. The number of hydrogen-bond donors (Lipinski definition) is 0. The molecular weight excluding hydrogens is 214 g/mol. The second kappa shape index (κ2) is 6.09. The van der Waals surface area contributed by atoms with E-state index < -0.39 is 24.5 Å². The molecule has 0 aromatic carbocycles. The molecule has 1 aliphatic heterocycles. The summed E-state index contributed by atoms with van der Waals surface area (Å²) >= 11 is 0. The monoisotopic (exact) mass is 229 g/mol. The van der Waals surface area contributed by atoms with E-state index >= 15 is 0 Å². The van der Waals surface area contributed by atoms with E-state index in [2.05, 4.69) is 4.74 Å². The van der Waals surface area contributed by atoms with Gasteiger partial charge in [0.1, 0.15) is 0 Å². The molecule has 0 aromatic heterocycles. The van der Waals surface area contributed by atoms with Crippen LogP contribution in [0.1, 0.15) is 19.8 Å². The van der Waals surface area contributed by atoms with Crippen molar-refractivity contribution in [3.8, 4) is 0 Å². The molecule has 0 aliphatic carbocycles. The molecule has 90 valence electrons. The van der Waals surface area contributed by atoms with Crippen molar-refractivity contribution in [3.05, 3.63) is 0 Å². The van der Waals surface area contributed by atoms with E-state index in [1.807, 2.05) is 0 Å². The minimum Gasteiger partial charge on any atom is -0.460 e. The number of likely N-dealkylation sites (tertiary alicyclic amines) is 1. The second-order valence-electron chi connectivity index (χ2n) is 3.39. The molecule has 0 aromatic rings. The normalized spacial score (nSPS) is 14.7. The van der Waals surface area contributed by atoms with Crippen LogP contribution < -0.4 is 0 Å². The topological polar surface area (TPSA) is 72.9 Å². The van der Waals surface area contributed by atoms with Crippen LogP contribution in [-0.4, -0.2) is 49.0 Å². The number of ether oxygens (including phenoxy) is 2. The van der Waals surface area contributed by atoms with Crippen molar-refractivity contribution in [2.75, 3.05) is 26.3 Å². The predicted molar refractivity (Wildman–Crippen MR) is 53.8 cm³/mol. The van der Waals surface area contributed by atoms with E-state index in [0.717, 1.165) is 12.8 Å². The lowest BCUT2D eigenvalue weighted by molar-refractivity contribution is -0.154. The highest BCUT2D eigenvalue weighted by molar-refractivity contribution is 6.34. The standard InChI is InChI=1S/C10H15NO5/c1-2-15-9(13)8(12)7-16-10(14)11-5-3-4-6-11/h2-7H2,1H3. The molecule has 0 atom stereocenters. The van der Waals surface area contributed by atoms with Crippen LogP contribution in [0.4, 0.5) is 4.79 Å². The summed E-state index contributed by atoms with van der Waals surface area (Å²) in [6, 6.07) is 0. The Morgan fingerprint density at radius 1 is 1.12 bits per heavy atom. The molecule has 6 heteroatoms. The van der Waals surface area contributed by atoms with Crippen LogP contribution in [0.2, 0.25) is 0 Å². The molecule has 0 bridgehead atoms. The third kappa shape index (κ3) is 3.52. The minimum atomic E-state index is -0.961. The van der Waals surface area contributed by atoms with Crippen LogP contribution in [0.3, 0.4) is 0 Å². The Morgan fingerprint density at radius 2 is 1.75 bits per heavy atom. The number of carbonyl (C=O) groups excluding carboxylic acids is 3. The van der Waals surface area contributed by atoms with Gasteiger partial charge in [-0.2, -0.15) is 0 Å². The van der Waals surface area contributed by atoms with Crippen LogP contribution >= 0.6 is 0 Å². The van der Waals surface area contributed by atoms with Gasteiger partial charge in [-0.05, 0) is 19.8 Å². The summed E-state index contributed by atoms with van der Waals surface area (Å²) < 4.78 is 9.16. The first-order valence-corrected chi connectivity index (χ1v) is 5.26. The molecule has 16 heavy (non-hydrogen) atoms. The molecule has 0 unspecified atom stereocenters. The van der Waals surface area contributed by atoms with Gasteiger partial charge in [-0.15, -0.1) is 0 Å². The molecule has 1 fully saturated rings. The lowest BCUT2D eigenvalue weighted by atomic mass is 10.4. The molecule has 1 amide bonds. The van der Waals surface area contributed by atoms with Gasteiger partial charge in [0.25, 0.3) is 5.78 Å². The Kier molecular flexibility index (Phi) is 4.75. The van der Waals surface area contributed by atoms with E-state index in [4.69, 9.17) is 4.74 Å². The van der Waals surface area contributed by atoms with Crippen LogP contribution in [0.5, 0.6) is 0 Å².